The molecule has 4 aromatic rings. The number of fused-ring (bicyclic) bond motifs is 1. The second-order valence-electron chi connectivity index (χ2n) is 8.41. The zero-order valence-corrected chi connectivity index (χ0v) is 18.5. The van der Waals surface area contributed by atoms with Crippen LogP contribution in [0.3, 0.4) is 0 Å². The third-order valence-corrected chi connectivity index (χ3v) is 6.21. The Hall–Kier alpha value is -3.90. The number of nitrogens with zero attached hydrogens (tertiary/aromatic N) is 3. The van der Waals surface area contributed by atoms with Gasteiger partial charge in [-0.2, -0.15) is 0 Å². The van der Waals surface area contributed by atoms with Gasteiger partial charge in [-0.25, -0.2) is 0 Å². The summed E-state index contributed by atoms with van der Waals surface area (Å²) in [6, 6.07) is 23.7. The maximum absolute atomic E-state index is 12.4. The summed E-state index contributed by atoms with van der Waals surface area (Å²) in [4.78, 5) is 24.2. The van der Waals surface area contributed by atoms with Gasteiger partial charge in [0.25, 0.3) is 5.56 Å². The van der Waals surface area contributed by atoms with Crippen LogP contribution in [0.2, 0.25) is 0 Å². The summed E-state index contributed by atoms with van der Waals surface area (Å²) >= 11 is 0. The maximum atomic E-state index is 12.4. The molecule has 0 aliphatic carbocycles. The van der Waals surface area contributed by atoms with Crippen LogP contribution in [0, 0.1) is 0 Å². The van der Waals surface area contributed by atoms with Crippen molar-refractivity contribution in [1.82, 2.24) is 9.88 Å². The first-order chi connectivity index (χ1) is 16.1. The normalized spacial score (nSPS) is 14.9. The number of hydrogen-bond donors (Lipinski definition) is 2. The molecule has 0 spiro atoms. The number of aromatic amines is 1. The number of hydrogen-bond acceptors (Lipinski definition) is 5. The van der Waals surface area contributed by atoms with Crippen LogP contribution >= 0.6 is 0 Å². The lowest BCUT2D eigenvalue weighted by atomic mass is 10.00. The molecule has 5 rings (SSSR count). The number of aliphatic imine (C=N–C) groups is 1. The van der Waals surface area contributed by atoms with Crippen LogP contribution in [0.15, 0.2) is 82.6 Å². The van der Waals surface area contributed by atoms with E-state index in [0.29, 0.717) is 16.3 Å². The van der Waals surface area contributed by atoms with Gasteiger partial charge in [0.1, 0.15) is 0 Å². The number of rotatable bonds is 4. The molecule has 33 heavy (non-hydrogen) atoms. The van der Waals surface area contributed by atoms with Crippen molar-refractivity contribution >= 4 is 28.4 Å². The van der Waals surface area contributed by atoms with Gasteiger partial charge < -0.3 is 14.9 Å². The highest BCUT2D eigenvalue weighted by molar-refractivity contribution is 6.03. The van der Waals surface area contributed by atoms with E-state index >= 15 is 0 Å². The molecule has 6 nitrogen and oxygen atoms in total. The van der Waals surface area contributed by atoms with E-state index in [1.807, 2.05) is 54.6 Å². The fourth-order valence-electron chi connectivity index (χ4n) is 4.23. The monoisotopic (exact) mass is 438 g/mol. The van der Waals surface area contributed by atoms with Crippen molar-refractivity contribution in [3.05, 3.63) is 88.7 Å². The Kier molecular flexibility index (Phi) is 5.67. The van der Waals surface area contributed by atoms with Crippen LogP contribution in [0.5, 0.6) is 5.88 Å². The predicted molar refractivity (Wildman–Crippen MR) is 135 cm³/mol. The van der Waals surface area contributed by atoms with Gasteiger partial charge in [0.05, 0.1) is 11.3 Å². The summed E-state index contributed by atoms with van der Waals surface area (Å²) in [5.74, 6) is -0.185. The van der Waals surface area contributed by atoms with Crippen molar-refractivity contribution in [2.75, 3.05) is 38.1 Å². The smallest absolute Gasteiger partial charge is 0.258 e. The summed E-state index contributed by atoms with van der Waals surface area (Å²) in [7, 11) is 2.15. The summed E-state index contributed by atoms with van der Waals surface area (Å²) in [5.41, 5.74) is 4.15. The first kappa shape index (κ1) is 21.0. The first-order valence-corrected chi connectivity index (χ1v) is 11.1. The number of H-pyrrole nitrogens is 1. The lowest BCUT2D eigenvalue weighted by Gasteiger charge is -2.34. The van der Waals surface area contributed by atoms with Crippen LogP contribution in [0.1, 0.15) is 5.56 Å². The molecule has 3 aromatic carbocycles. The van der Waals surface area contributed by atoms with Crippen molar-refractivity contribution in [2.24, 2.45) is 4.99 Å². The van der Waals surface area contributed by atoms with E-state index in [9.17, 15) is 9.90 Å². The van der Waals surface area contributed by atoms with Crippen LogP contribution in [0.25, 0.3) is 21.9 Å². The Bertz CT molecular complexity index is 1350. The number of aromatic hydroxyl groups is 1. The zero-order valence-electron chi connectivity index (χ0n) is 18.5. The molecule has 2 N–H and O–H groups in total. The SMILES string of the molecule is CN1CCN(c2ccc(N=Cc3c(O)[nH]c(=O)c4ccc(-c5ccccc5)cc34)cc2)CC1. The van der Waals surface area contributed by atoms with Gasteiger partial charge in [0.2, 0.25) is 5.88 Å². The lowest BCUT2D eigenvalue weighted by Crippen LogP contribution is -2.44. The highest BCUT2D eigenvalue weighted by Crippen LogP contribution is 2.28. The topological polar surface area (TPSA) is 71.9 Å². The fourth-order valence-corrected chi connectivity index (χ4v) is 4.23. The fraction of sp³-hybridized carbons (Fsp3) is 0.185. The van der Waals surface area contributed by atoms with Crippen molar-refractivity contribution in [2.45, 2.75) is 0 Å². The molecule has 2 heterocycles. The second-order valence-corrected chi connectivity index (χ2v) is 8.41. The summed E-state index contributed by atoms with van der Waals surface area (Å²) in [6.07, 6.45) is 1.62. The van der Waals surface area contributed by atoms with Crippen molar-refractivity contribution in [3.63, 3.8) is 0 Å². The van der Waals surface area contributed by atoms with E-state index in [1.54, 1.807) is 12.3 Å². The van der Waals surface area contributed by atoms with Crippen molar-refractivity contribution in [3.8, 4) is 17.0 Å². The third-order valence-electron chi connectivity index (χ3n) is 6.21. The Morgan fingerprint density at radius 2 is 1.61 bits per heavy atom. The molecule has 0 radical (unpaired) electrons. The van der Waals surface area contributed by atoms with E-state index in [2.05, 4.69) is 39.0 Å². The average molecular weight is 439 g/mol. The van der Waals surface area contributed by atoms with E-state index in [-0.39, 0.29) is 11.4 Å². The van der Waals surface area contributed by atoms with Crippen LogP contribution < -0.4 is 10.5 Å². The zero-order chi connectivity index (χ0) is 22.8. The van der Waals surface area contributed by atoms with Crippen LogP contribution in [0.4, 0.5) is 11.4 Å². The summed E-state index contributed by atoms with van der Waals surface area (Å²) in [6.45, 7) is 4.15. The number of piperazine rings is 1. The van der Waals surface area contributed by atoms with Gasteiger partial charge >= 0.3 is 0 Å². The van der Waals surface area contributed by atoms with Crippen LogP contribution in [-0.4, -0.2) is 54.4 Å². The number of anilines is 1. The minimum Gasteiger partial charge on any atom is -0.494 e. The van der Waals surface area contributed by atoms with E-state index in [1.165, 1.54) is 5.69 Å². The maximum Gasteiger partial charge on any atom is 0.258 e. The van der Waals surface area contributed by atoms with E-state index in [4.69, 9.17) is 0 Å². The highest BCUT2D eigenvalue weighted by Gasteiger charge is 2.14. The molecule has 0 bridgehead atoms. The predicted octanol–water partition coefficient (Wildman–Crippen LogP) is 4.40. The molecule has 1 saturated heterocycles. The molecule has 6 heteroatoms. The molecule has 0 saturated carbocycles. The molecular formula is C27H26N4O2. The van der Waals surface area contributed by atoms with Crippen molar-refractivity contribution < 1.29 is 5.11 Å². The van der Waals surface area contributed by atoms with Gasteiger partial charge in [-0.1, -0.05) is 36.4 Å². The van der Waals surface area contributed by atoms with Gasteiger partial charge in [-0.15, -0.1) is 0 Å². The molecular weight excluding hydrogens is 412 g/mol. The number of benzene rings is 3. The molecule has 0 atom stereocenters. The summed E-state index contributed by atoms with van der Waals surface area (Å²) in [5, 5.41) is 11.7. The van der Waals surface area contributed by atoms with Gasteiger partial charge in [-0.05, 0) is 54.6 Å². The third kappa shape index (κ3) is 4.38. The molecule has 166 valence electrons. The van der Waals surface area contributed by atoms with E-state index < -0.39 is 0 Å². The van der Waals surface area contributed by atoms with E-state index in [0.717, 1.165) is 43.0 Å². The molecule has 1 aromatic heterocycles. The average Bonchev–Trinajstić information content (AvgIpc) is 2.85. The Morgan fingerprint density at radius 3 is 2.33 bits per heavy atom. The number of nitrogens with one attached hydrogen (secondary N) is 1. The van der Waals surface area contributed by atoms with Crippen LogP contribution in [-0.2, 0) is 0 Å². The Balaban J connectivity index is 1.47. The lowest BCUT2D eigenvalue weighted by molar-refractivity contribution is 0.313. The first-order valence-electron chi connectivity index (χ1n) is 11.1. The molecule has 1 fully saturated rings. The highest BCUT2D eigenvalue weighted by atomic mass is 16.3. The molecule has 1 aliphatic heterocycles. The minimum atomic E-state index is -0.323. The second kappa shape index (κ2) is 8.92. The summed E-state index contributed by atoms with van der Waals surface area (Å²) < 4.78 is 0. The van der Waals surface area contributed by atoms with Gasteiger partial charge in [0.15, 0.2) is 0 Å². The Morgan fingerprint density at radius 1 is 0.879 bits per heavy atom. The quantitative estimate of drug-likeness (QED) is 0.463. The standard InChI is InChI=1S/C27H26N4O2/c1-30-13-15-31(16-14-30)22-10-8-21(9-11-22)28-18-25-24-17-20(19-5-3-2-4-6-19)7-12-23(24)26(32)29-27(25)33/h2-12,17-18H,13-16H2,1H3,(H2,29,32,33). The van der Waals surface area contributed by atoms with Crippen molar-refractivity contribution in [1.29, 1.82) is 0 Å². The number of pyridine rings is 1. The minimum absolute atomic E-state index is 0.185. The largest absolute Gasteiger partial charge is 0.494 e. The molecule has 0 amide bonds. The van der Waals surface area contributed by atoms with Gasteiger partial charge in [-0.3, -0.25) is 14.8 Å². The molecule has 0 unspecified atom stereocenters. The number of aromatic nitrogens is 1. The van der Waals surface area contributed by atoms with Gasteiger partial charge in [0, 0.05) is 48.9 Å². The number of likely N-dealkylation sites (N-methyl/N-ethyl adjacent to an activating group) is 1. The Labute approximate surface area is 192 Å². The molecule has 1 aliphatic rings.